The van der Waals surface area contributed by atoms with E-state index in [1.165, 1.54) is 16.8 Å². The number of nitrogens with one attached hydrogen (secondary N) is 1. The highest BCUT2D eigenvalue weighted by molar-refractivity contribution is 7.86. The molecule has 2 rings (SSSR count). The highest BCUT2D eigenvalue weighted by atomic mass is 32.2. The van der Waals surface area contributed by atoms with Crippen LogP contribution in [0.4, 0.5) is 0 Å². The number of H-pyrrole nitrogens is 1. The summed E-state index contributed by atoms with van der Waals surface area (Å²) in [6, 6.07) is 0.869. The van der Waals surface area contributed by atoms with Gasteiger partial charge in [-0.2, -0.15) is 8.42 Å². The minimum atomic E-state index is -3.63. The molecule has 0 spiro atoms. The molecule has 0 amide bonds. The third-order valence-electron chi connectivity index (χ3n) is 4.44. The number of hydrogen-bond acceptors (Lipinski definition) is 5. The van der Waals surface area contributed by atoms with Crippen molar-refractivity contribution in [1.82, 2.24) is 9.55 Å². The smallest absolute Gasteiger partial charge is 0.295 e. The molecule has 4 atom stereocenters. The van der Waals surface area contributed by atoms with Crippen molar-refractivity contribution in [3.05, 3.63) is 33.1 Å². The number of aromatic nitrogens is 2. The summed E-state index contributed by atoms with van der Waals surface area (Å²) >= 11 is 0. The highest BCUT2D eigenvalue weighted by Crippen LogP contribution is 2.44. The van der Waals surface area contributed by atoms with E-state index in [1.807, 2.05) is 13.8 Å². The van der Waals surface area contributed by atoms with Crippen LogP contribution in [0.2, 0.25) is 0 Å². The molecule has 1 aromatic rings. The topological polar surface area (TPSA) is 98.2 Å². The zero-order chi connectivity index (χ0) is 16.5. The van der Waals surface area contributed by atoms with Gasteiger partial charge in [-0.15, -0.1) is 0 Å². The number of rotatable bonds is 5. The summed E-state index contributed by atoms with van der Waals surface area (Å²) in [5, 5.41) is 0. The number of hydrogen-bond donors (Lipinski definition) is 1. The molecule has 124 valence electrons. The molecule has 1 aliphatic carbocycles. The van der Waals surface area contributed by atoms with Crippen LogP contribution >= 0.6 is 0 Å². The Morgan fingerprint density at radius 3 is 2.50 bits per heavy atom. The molecule has 1 saturated carbocycles. The van der Waals surface area contributed by atoms with Crippen LogP contribution < -0.4 is 11.2 Å². The second kappa shape index (κ2) is 6.37. The molecule has 0 aromatic carbocycles. The quantitative estimate of drug-likeness (QED) is 0.808. The van der Waals surface area contributed by atoms with Crippen molar-refractivity contribution in [2.45, 2.75) is 45.3 Å². The van der Waals surface area contributed by atoms with Gasteiger partial charge in [-0.05, 0) is 18.3 Å². The second-order valence-corrected chi connectivity index (χ2v) is 7.43. The van der Waals surface area contributed by atoms with Crippen molar-refractivity contribution in [2.75, 3.05) is 6.26 Å². The summed E-state index contributed by atoms with van der Waals surface area (Å²) < 4.78 is 29.9. The summed E-state index contributed by atoms with van der Waals surface area (Å²) in [4.78, 5) is 25.5. The summed E-state index contributed by atoms with van der Waals surface area (Å²) in [7, 11) is -3.63. The number of aromatic amines is 1. The van der Waals surface area contributed by atoms with E-state index in [9.17, 15) is 18.0 Å². The van der Waals surface area contributed by atoms with Crippen molar-refractivity contribution in [3.63, 3.8) is 0 Å². The maximum atomic E-state index is 12.0. The Hall–Kier alpha value is -1.41. The lowest BCUT2D eigenvalue weighted by Gasteiger charge is -2.25. The van der Waals surface area contributed by atoms with Crippen molar-refractivity contribution >= 4 is 10.1 Å². The van der Waals surface area contributed by atoms with E-state index in [0.29, 0.717) is 6.42 Å². The van der Waals surface area contributed by atoms with Crippen molar-refractivity contribution < 1.29 is 12.6 Å². The van der Waals surface area contributed by atoms with Crippen molar-refractivity contribution in [1.29, 1.82) is 0 Å². The third-order valence-corrected chi connectivity index (χ3v) is 5.01. The van der Waals surface area contributed by atoms with E-state index in [4.69, 9.17) is 4.18 Å². The molecule has 1 aliphatic rings. The van der Waals surface area contributed by atoms with Gasteiger partial charge in [-0.1, -0.05) is 26.7 Å². The van der Waals surface area contributed by atoms with Gasteiger partial charge in [0.2, 0.25) is 0 Å². The van der Waals surface area contributed by atoms with Gasteiger partial charge >= 0.3 is 5.69 Å². The molecule has 1 N–H and O–H groups in total. The predicted molar refractivity (Wildman–Crippen MR) is 82.3 cm³/mol. The lowest BCUT2D eigenvalue weighted by molar-refractivity contribution is 0.114. The van der Waals surface area contributed by atoms with Crippen molar-refractivity contribution in [2.24, 2.45) is 11.8 Å². The Balaban J connectivity index is 2.46. The summed E-state index contributed by atoms with van der Waals surface area (Å²) in [5.41, 5.74) is -1.01. The molecule has 1 fully saturated rings. The van der Waals surface area contributed by atoms with E-state index in [-0.39, 0.29) is 11.8 Å². The van der Waals surface area contributed by atoms with Crippen molar-refractivity contribution in [3.8, 4) is 0 Å². The Morgan fingerprint density at radius 1 is 1.32 bits per heavy atom. The van der Waals surface area contributed by atoms with Gasteiger partial charge in [-0.25, -0.2) is 4.79 Å². The van der Waals surface area contributed by atoms with Gasteiger partial charge in [0.25, 0.3) is 15.7 Å². The molecule has 7 nitrogen and oxygen atoms in total. The van der Waals surface area contributed by atoms with Crippen LogP contribution in [-0.4, -0.2) is 30.3 Å². The minimum Gasteiger partial charge on any atom is -0.295 e. The Morgan fingerprint density at radius 2 is 2.00 bits per heavy atom. The van der Waals surface area contributed by atoms with Gasteiger partial charge in [0.15, 0.2) is 0 Å². The van der Waals surface area contributed by atoms with Gasteiger partial charge in [0.05, 0.1) is 12.3 Å². The molecule has 22 heavy (non-hydrogen) atoms. The zero-order valence-corrected chi connectivity index (χ0v) is 13.8. The first-order valence-electron chi connectivity index (χ1n) is 7.46. The molecule has 1 aromatic heterocycles. The SMILES string of the molecule is CC[C@H]1C[C@@H](n2ccc(=O)[nH]c2=O)C(OS(C)(=O)=O)[C@H]1CC. The van der Waals surface area contributed by atoms with Gasteiger partial charge < -0.3 is 0 Å². The average molecular weight is 330 g/mol. The normalized spacial score (nSPS) is 28.9. The van der Waals surface area contributed by atoms with E-state index in [0.717, 1.165) is 19.1 Å². The van der Waals surface area contributed by atoms with E-state index in [2.05, 4.69) is 4.98 Å². The van der Waals surface area contributed by atoms with Gasteiger partial charge in [0, 0.05) is 12.3 Å². The minimum absolute atomic E-state index is 0.0588. The predicted octanol–water partition coefficient (Wildman–Crippen LogP) is 0.879. The molecule has 0 saturated heterocycles. The Kier molecular flexibility index (Phi) is 4.91. The van der Waals surface area contributed by atoms with Crippen LogP contribution in [-0.2, 0) is 14.3 Å². The first-order valence-corrected chi connectivity index (χ1v) is 9.28. The summed E-state index contributed by atoms with van der Waals surface area (Å²) in [6.45, 7) is 4.03. The van der Waals surface area contributed by atoms with Crippen LogP contribution in [0.5, 0.6) is 0 Å². The average Bonchev–Trinajstić information content (AvgIpc) is 2.74. The molecular weight excluding hydrogens is 308 g/mol. The lowest BCUT2D eigenvalue weighted by atomic mass is 9.90. The van der Waals surface area contributed by atoms with E-state index >= 15 is 0 Å². The first-order chi connectivity index (χ1) is 10.3. The van der Waals surface area contributed by atoms with Crippen LogP contribution in [0.3, 0.4) is 0 Å². The summed E-state index contributed by atoms with van der Waals surface area (Å²) in [5.74, 6) is 0.337. The fourth-order valence-electron chi connectivity index (χ4n) is 3.51. The highest BCUT2D eigenvalue weighted by Gasteiger charge is 2.45. The fraction of sp³-hybridized carbons (Fsp3) is 0.714. The zero-order valence-electron chi connectivity index (χ0n) is 13.0. The fourth-order valence-corrected chi connectivity index (χ4v) is 4.18. The van der Waals surface area contributed by atoms with E-state index < -0.39 is 33.5 Å². The van der Waals surface area contributed by atoms with Gasteiger partial charge in [-0.3, -0.25) is 18.5 Å². The third kappa shape index (κ3) is 3.49. The lowest BCUT2D eigenvalue weighted by Crippen LogP contribution is -2.37. The molecule has 1 unspecified atom stereocenters. The monoisotopic (exact) mass is 330 g/mol. The molecule has 0 bridgehead atoms. The molecule has 8 heteroatoms. The summed E-state index contributed by atoms with van der Waals surface area (Å²) in [6.07, 6.45) is 4.15. The molecule has 0 radical (unpaired) electrons. The Labute approximate surface area is 129 Å². The Bertz CT molecular complexity index is 736. The maximum absolute atomic E-state index is 12.0. The van der Waals surface area contributed by atoms with Gasteiger partial charge in [0.1, 0.15) is 6.10 Å². The van der Waals surface area contributed by atoms with Crippen LogP contribution in [0.1, 0.15) is 39.2 Å². The maximum Gasteiger partial charge on any atom is 0.328 e. The molecule has 1 heterocycles. The largest absolute Gasteiger partial charge is 0.328 e. The molecule has 0 aliphatic heterocycles. The first kappa shape index (κ1) is 17.0. The second-order valence-electron chi connectivity index (χ2n) is 5.83. The van der Waals surface area contributed by atoms with E-state index in [1.54, 1.807) is 0 Å². The standard InChI is InChI=1S/C14H22N2O5S/c1-4-9-8-11(16-7-6-12(17)15-14(16)18)13(10(9)5-2)21-22(3,19)20/h6-7,9-11,13H,4-5,8H2,1-3H3,(H,15,17,18)/t9-,10-,11+,13?/m0/s1. The molecular formula is C14H22N2O5S. The van der Waals surface area contributed by atoms with Crippen LogP contribution in [0.15, 0.2) is 21.9 Å². The number of nitrogens with zero attached hydrogens (tertiary/aromatic N) is 1. The van der Waals surface area contributed by atoms with Crippen LogP contribution in [0, 0.1) is 11.8 Å². The van der Waals surface area contributed by atoms with Crippen LogP contribution in [0.25, 0.3) is 0 Å².